The van der Waals surface area contributed by atoms with Gasteiger partial charge in [-0.05, 0) is 50.5 Å². The fourth-order valence-corrected chi connectivity index (χ4v) is 4.86. The predicted octanol–water partition coefficient (Wildman–Crippen LogP) is 1.33. The summed E-state index contributed by atoms with van der Waals surface area (Å²) in [7, 11) is -3.70. The van der Waals surface area contributed by atoms with Crippen LogP contribution in [0, 0.1) is 6.92 Å². The van der Waals surface area contributed by atoms with Crippen LogP contribution in [-0.4, -0.2) is 55.8 Å². The van der Waals surface area contributed by atoms with E-state index in [0.29, 0.717) is 31.5 Å². The van der Waals surface area contributed by atoms with Crippen molar-refractivity contribution in [3.63, 3.8) is 0 Å². The lowest BCUT2D eigenvalue weighted by Gasteiger charge is -2.36. The fraction of sp³-hybridized carbons (Fsp3) is 0.455. The van der Waals surface area contributed by atoms with E-state index in [2.05, 4.69) is 15.0 Å². The minimum atomic E-state index is -3.70. The highest BCUT2D eigenvalue weighted by molar-refractivity contribution is 7.89. The van der Waals surface area contributed by atoms with E-state index in [4.69, 9.17) is 4.74 Å². The van der Waals surface area contributed by atoms with Crippen molar-refractivity contribution in [3.05, 3.63) is 59.9 Å². The number of aryl methyl sites for hydroxylation is 1. The third-order valence-corrected chi connectivity index (χ3v) is 6.80. The molecule has 3 rings (SSSR count). The Kier molecular flexibility index (Phi) is 8.14. The second kappa shape index (κ2) is 10.8. The molecule has 1 fully saturated rings. The summed E-state index contributed by atoms with van der Waals surface area (Å²) in [6.07, 6.45) is 2.83. The van der Waals surface area contributed by atoms with E-state index >= 15 is 0 Å². The predicted molar refractivity (Wildman–Crippen MR) is 116 cm³/mol. The average molecular weight is 448 g/mol. The van der Waals surface area contributed by atoms with Crippen molar-refractivity contribution in [1.82, 2.24) is 15.0 Å². The van der Waals surface area contributed by atoms with E-state index in [1.807, 2.05) is 13.0 Å². The SMILES string of the molecule is Cc1ccc(S(=O)(=O)N[C@H]2CC[C@@H](CCNC(=O)Cc3ccccn3)O[C@H]2CO)cc1. The highest BCUT2D eigenvalue weighted by Gasteiger charge is 2.33. The molecule has 0 unspecified atom stereocenters. The van der Waals surface area contributed by atoms with Crippen LogP contribution < -0.4 is 10.0 Å². The first-order valence-electron chi connectivity index (χ1n) is 10.4. The van der Waals surface area contributed by atoms with E-state index in [9.17, 15) is 18.3 Å². The molecule has 1 aromatic heterocycles. The Morgan fingerprint density at radius 2 is 1.97 bits per heavy atom. The molecule has 0 spiro atoms. The second-order valence-corrected chi connectivity index (χ2v) is 9.45. The highest BCUT2D eigenvalue weighted by Crippen LogP contribution is 2.23. The number of carbonyl (C=O) groups excluding carboxylic acids is 1. The molecule has 2 aromatic rings. The van der Waals surface area contributed by atoms with Crippen molar-refractivity contribution < 1.29 is 23.1 Å². The van der Waals surface area contributed by atoms with Gasteiger partial charge in [-0.3, -0.25) is 9.78 Å². The molecular weight excluding hydrogens is 418 g/mol. The number of hydrogen-bond donors (Lipinski definition) is 3. The first kappa shape index (κ1) is 23.3. The summed E-state index contributed by atoms with van der Waals surface area (Å²) in [5.74, 6) is -0.114. The van der Waals surface area contributed by atoms with Crippen LogP contribution in [0.15, 0.2) is 53.6 Å². The quantitative estimate of drug-likeness (QED) is 0.534. The fourth-order valence-electron chi connectivity index (χ4n) is 3.57. The van der Waals surface area contributed by atoms with E-state index in [0.717, 1.165) is 5.56 Å². The number of aromatic nitrogens is 1. The summed E-state index contributed by atoms with van der Waals surface area (Å²) in [6, 6.07) is 11.5. The van der Waals surface area contributed by atoms with Crippen LogP contribution in [0.1, 0.15) is 30.5 Å². The standard InChI is InChI=1S/C22H29N3O5S/c1-16-5-8-19(9-6-16)31(28,29)25-20-10-7-18(30-21(20)15-26)11-13-24-22(27)14-17-4-2-3-12-23-17/h2-6,8-9,12,18,20-21,25-26H,7,10-11,13-15H2,1H3,(H,24,27)/t18-,20-,21-/m0/s1. The van der Waals surface area contributed by atoms with E-state index in [1.165, 1.54) is 0 Å². The number of amides is 1. The maximum Gasteiger partial charge on any atom is 0.240 e. The number of aliphatic hydroxyl groups is 1. The third-order valence-electron chi connectivity index (χ3n) is 5.29. The van der Waals surface area contributed by atoms with Crippen molar-refractivity contribution in [2.75, 3.05) is 13.2 Å². The minimum absolute atomic E-state index is 0.114. The van der Waals surface area contributed by atoms with Gasteiger partial charge in [0.2, 0.25) is 15.9 Å². The van der Waals surface area contributed by atoms with Crippen molar-refractivity contribution in [3.8, 4) is 0 Å². The molecule has 1 aromatic carbocycles. The summed E-state index contributed by atoms with van der Waals surface area (Å²) in [5.41, 5.74) is 1.68. The molecule has 0 saturated carbocycles. The van der Waals surface area contributed by atoms with Crippen LogP contribution in [0.4, 0.5) is 0 Å². The van der Waals surface area contributed by atoms with Gasteiger partial charge >= 0.3 is 0 Å². The average Bonchev–Trinajstić information content (AvgIpc) is 2.75. The summed E-state index contributed by atoms with van der Waals surface area (Å²) in [5, 5.41) is 12.6. The summed E-state index contributed by atoms with van der Waals surface area (Å²) in [6.45, 7) is 2.04. The third kappa shape index (κ3) is 6.83. The zero-order chi connectivity index (χ0) is 22.3. The van der Waals surface area contributed by atoms with Gasteiger partial charge in [0.05, 0.1) is 36.2 Å². The lowest BCUT2D eigenvalue weighted by Crippen LogP contribution is -2.51. The van der Waals surface area contributed by atoms with E-state index in [1.54, 1.807) is 42.6 Å². The molecule has 0 bridgehead atoms. The monoisotopic (exact) mass is 447 g/mol. The van der Waals surface area contributed by atoms with Gasteiger partial charge in [-0.2, -0.15) is 0 Å². The van der Waals surface area contributed by atoms with Crippen LogP contribution in [0.2, 0.25) is 0 Å². The molecule has 1 aliphatic rings. The summed E-state index contributed by atoms with van der Waals surface area (Å²) in [4.78, 5) is 16.3. The summed E-state index contributed by atoms with van der Waals surface area (Å²) < 4.78 is 33.9. The number of hydrogen-bond acceptors (Lipinski definition) is 6. The molecule has 8 nitrogen and oxygen atoms in total. The van der Waals surface area contributed by atoms with Gasteiger partial charge in [-0.15, -0.1) is 0 Å². The van der Waals surface area contributed by atoms with Gasteiger partial charge in [0.25, 0.3) is 0 Å². The molecule has 1 aliphatic heterocycles. The Hall–Kier alpha value is -2.33. The highest BCUT2D eigenvalue weighted by atomic mass is 32.2. The summed E-state index contributed by atoms with van der Waals surface area (Å²) >= 11 is 0. The van der Waals surface area contributed by atoms with Crippen LogP contribution >= 0.6 is 0 Å². The Morgan fingerprint density at radius 1 is 1.19 bits per heavy atom. The van der Waals surface area contributed by atoms with Gasteiger partial charge in [-0.25, -0.2) is 13.1 Å². The lowest BCUT2D eigenvalue weighted by atomic mass is 9.98. The maximum absolute atomic E-state index is 12.7. The van der Waals surface area contributed by atoms with Crippen molar-refractivity contribution in [2.45, 2.75) is 55.8 Å². The van der Waals surface area contributed by atoms with Gasteiger partial charge in [0.1, 0.15) is 0 Å². The van der Waals surface area contributed by atoms with Crippen LogP contribution in [0.3, 0.4) is 0 Å². The lowest BCUT2D eigenvalue weighted by molar-refractivity contribution is -0.121. The van der Waals surface area contributed by atoms with E-state index < -0.39 is 22.2 Å². The number of carbonyl (C=O) groups is 1. The van der Waals surface area contributed by atoms with Crippen LogP contribution in [0.5, 0.6) is 0 Å². The largest absolute Gasteiger partial charge is 0.394 e. The Bertz CT molecular complexity index is 951. The molecule has 3 atom stereocenters. The van der Waals surface area contributed by atoms with Crippen LogP contribution in [-0.2, 0) is 26.0 Å². The molecule has 0 aliphatic carbocycles. The molecule has 31 heavy (non-hydrogen) atoms. The van der Waals surface area contributed by atoms with Gasteiger partial charge in [0.15, 0.2) is 0 Å². The smallest absolute Gasteiger partial charge is 0.240 e. The number of benzene rings is 1. The van der Waals surface area contributed by atoms with Crippen molar-refractivity contribution in [2.24, 2.45) is 0 Å². The molecule has 1 amide bonds. The van der Waals surface area contributed by atoms with Gasteiger partial charge in [0, 0.05) is 18.4 Å². The number of ether oxygens (including phenoxy) is 1. The molecule has 2 heterocycles. The first-order valence-corrected chi connectivity index (χ1v) is 11.9. The second-order valence-electron chi connectivity index (χ2n) is 7.73. The zero-order valence-electron chi connectivity index (χ0n) is 17.5. The molecule has 0 radical (unpaired) electrons. The van der Waals surface area contributed by atoms with Gasteiger partial charge < -0.3 is 15.2 Å². The van der Waals surface area contributed by atoms with Gasteiger partial charge in [-0.1, -0.05) is 23.8 Å². The topological polar surface area (TPSA) is 118 Å². The maximum atomic E-state index is 12.7. The van der Waals surface area contributed by atoms with Crippen molar-refractivity contribution >= 4 is 15.9 Å². The normalized spacial score (nSPS) is 21.5. The Balaban J connectivity index is 1.46. The van der Waals surface area contributed by atoms with E-state index in [-0.39, 0.29) is 29.9 Å². The zero-order valence-corrected chi connectivity index (χ0v) is 18.3. The Labute approximate surface area is 183 Å². The van der Waals surface area contributed by atoms with Crippen molar-refractivity contribution in [1.29, 1.82) is 0 Å². The number of sulfonamides is 1. The molecule has 9 heteroatoms. The number of rotatable bonds is 9. The molecule has 3 N–H and O–H groups in total. The minimum Gasteiger partial charge on any atom is -0.394 e. The number of aliphatic hydroxyl groups excluding tert-OH is 1. The molecular formula is C22H29N3O5S. The number of nitrogens with zero attached hydrogens (tertiary/aromatic N) is 1. The Morgan fingerprint density at radius 3 is 2.65 bits per heavy atom. The first-order chi connectivity index (χ1) is 14.9. The molecule has 168 valence electrons. The number of nitrogens with one attached hydrogen (secondary N) is 2. The number of pyridine rings is 1. The van der Waals surface area contributed by atoms with Crippen LogP contribution in [0.25, 0.3) is 0 Å². The molecule has 1 saturated heterocycles.